The van der Waals surface area contributed by atoms with Gasteiger partial charge in [-0.05, 0) is 39.4 Å². The van der Waals surface area contributed by atoms with Crippen molar-refractivity contribution in [2.45, 2.75) is 52.7 Å². The van der Waals surface area contributed by atoms with Gasteiger partial charge in [-0.2, -0.15) is 0 Å². The standard InChI is InChI=1S/C17H31N3O/c1-5-7-18-11-15-10-17(21-14(15)3)13-20-9-8-19(4)16(6-2)12-20/h10,16,18H,5-9,11-13H2,1-4H3. The molecule has 2 rings (SSSR count). The van der Waals surface area contributed by atoms with Gasteiger partial charge in [0, 0.05) is 37.8 Å². The molecule has 4 heteroatoms. The van der Waals surface area contributed by atoms with E-state index >= 15 is 0 Å². The van der Waals surface area contributed by atoms with Gasteiger partial charge in [0.05, 0.1) is 6.54 Å². The van der Waals surface area contributed by atoms with Crippen LogP contribution in [0.15, 0.2) is 10.5 Å². The molecule has 0 aromatic carbocycles. The molecule has 0 spiro atoms. The van der Waals surface area contributed by atoms with Gasteiger partial charge in [0.2, 0.25) is 0 Å². The Morgan fingerprint density at radius 1 is 1.33 bits per heavy atom. The number of furan rings is 1. The average Bonchev–Trinajstić information content (AvgIpc) is 2.81. The molecule has 1 aromatic heterocycles. The fraction of sp³-hybridized carbons (Fsp3) is 0.765. The molecule has 1 fully saturated rings. The highest BCUT2D eigenvalue weighted by Crippen LogP contribution is 2.19. The van der Waals surface area contributed by atoms with Crippen LogP contribution in [-0.2, 0) is 13.1 Å². The van der Waals surface area contributed by atoms with Crippen molar-refractivity contribution in [2.75, 3.05) is 33.2 Å². The summed E-state index contributed by atoms with van der Waals surface area (Å²) >= 11 is 0. The van der Waals surface area contributed by atoms with E-state index in [9.17, 15) is 0 Å². The Morgan fingerprint density at radius 3 is 2.86 bits per heavy atom. The molecular formula is C17H31N3O. The summed E-state index contributed by atoms with van der Waals surface area (Å²) in [5, 5.41) is 3.45. The number of nitrogens with one attached hydrogen (secondary N) is 1. The number of aryl methyl sites for hydroxylation is 1. The molecule has 0 amide bonds. The third kappa shape index (κ3) is 4.56. The first-order valence-corrected chi connectivity index (χ1v) is 8.35. The van der Waals surface area contributed by atoms with E-state index in [0.717, 1.165) is 50.8 Å². The lowest BCUT2D eigenvalue weighted by Crippen LogP contribution is -2.50. The molecule has 1 atom stereocenters. The molecule has 0 aliphatic carbocycles. The molecule has 21 heavy (non-hydrogen) atoms. The van der Waals surface area contributed by atoms with Crippen molar-refractivity contribution < 1.29 is 4.42 Å². The molecule has 120 valence electrons. The predicted molar refractivity (Wildman–Crippen MR) is 87.4 cm³/mol. The van der Waals surface area contributed by atoms with Gasteiger partial charge < -0.3 is 14.6 Å². The predicted octanol–water partition coefficient (Wildman–Crippen LogP) is 2.61. The Morgan fingerprint density at radius 2 is 2.14 bits per heavy atom. The van der Waals surface area contributed by atoms with E-state index in [0.29, 0.717) is 6.04 Å². The zero-order valence-corrected chi connectivity index (χ0v) is 14.1. The van der Waals surface area contributed by atoms with Gasteiger partial charge in [-0.1, -0.05) is 13.8 Å². The molecule has 4 nitrogen and oxygen atoms in total. The number of rotatable bonds is 7. The molecule has 1 unspecified atom stereocenters. The first-order chi connectivity index (χ1) is 10.1. The van der Waals surface area contributed by atoms with Crippen LogP contribution in [0.25, 0.3) is 0 Å². The quantitative estimate of drug-likeness (QED) is 0.783. The molecule has 1 saturated heterocycles. The Bertz CT molecular complexity index is 430. The summed E-state index contributed by atoms with van der Waals surface area (Å²) in [4.78, 5) is 5.00. The van der Waals surface area contributed by atoms with E-state index in [-0.39, 0.29) is 0 Å². The topological polar surface area (TPSA) is 31.6 Å². The summed E-state index contributed by atoms with van der Waals surface area (Å²) in [6.07, 6.45) is 2.39. The highest BCUT2D eigenvalue weighted by Gasteiger charge is 2.23. The van der Waals surface area contributed by atoms with Crippen molar-refractivity contribution in [1.29, 1.82) is 0 Å². The Labute approximate surface area is 129 Å². The van der Waals surface area contributed by atoms with E-state index < -0.39 is 0 Å². The monoisotopic (exact) mass is 293 g/mol. The number of nitrogens with zero attached hydrogens (tertiary/aromatic N) is 2. The molecule has 0 bridgehead atoms. The molecule has 1 aliphatic rings. The number of hydrogen-bond acceptors (Lipinski definition) is 4. The van der Waals surface area contributed by atoms with Gasteiger partial charge >= 0.3 is 0 Å². The van der Waals surface area contributed by atoms with E-state index in [1.54, 1.807) is 0 Å². The summed E-state index contributed by atoms with van der Waals surface area (Å²) in [7, 11) is 2.24. The SMILES string of the molecule is CCCNCc1cc(CN2CCN(C)C(CC)C2)oc1C. The van der Waals surface area contributed by atoms with Crippen LogP contribution in [0.4, 0.5) is 0 Å². The van der Waals surface area contributed by atoms with E-state index in [1.807, 2.05) is 0 Å². The summed E-state index contributed by atoms with van der Waals surface area (Å²) in [6.45, 7) is 12.9. The maximum atomic E-state index is 5.95. The minimum Gasteiger partial charge on any atom is -0.465 e. The van der Waals surface area contributed by atoms with Crippen molar-refractivity contribution in [1.82, 2.24) is 15.1 Å². The van der Waals surface area contributed by atoms with Crippen LogP contribution < -0.4 is 5.32 Å². The first-order valence-electron chi connectivity index (χ1n) is 8.35. The minimum absolute atomic E-state index is 0.681. The molecule has 2 heterocycles. The normalized spacial score (nSPS) is 21.0. The Hall–Kier alpha value is -0.840. The van der Waals surface area contributed by atoms with E-state index in [1.165, 1.54) is 18.4 Å². The summed E-state index contributed by atoms with van der Waals surface area (Å²) < 4.78 is 5.95. The number of piperazine rings is 1. The molecule has 0 saturated carbocycles. The average molecular weight is 293 g/mol. The van der Waals surface area contributed by atoms with Gasteiger partial charge in [-0.15, -0.1) is 0 Å². The molecule has 0 radical (unpaired) electrons. The summed E-state index contributed by atoms with van der Waals surface area (Å²) in [6, 6.07) is 2.91. The van der Waals surface area contributed by atoms with E-state index in [4.69, 9.17) is 4.42 Å². The van der Waals surface area contributed by atoms with Gasteiger partial charge in [0.25, 0.3) is 0 Å². The van der Waals surface area contributed by atoms with Gasteiger partial charge in [-0.3, -0.25) is 4.90 Å². The second-order valence-corrected chi connectivity index (χ2v) is 6.25. The second kappa shape index (κ2) is 7.97. The van der Waals surface area contributed by atoms with Crippen molar-refractivity contribution in [3.63, 3.8) is 0 Å². The fourth-order valence-electron chi connectivity index (χ4n) is 3.06. The first kappa shape index (κ1) is 16.5. The zero-order valence-electron chi connectivity index (χ0n) is 14.1. The molecule has 1 aromatic rings. The summed E-state index contributed by atoms with van der Waals surface area (Å²) in [5.74, 6) is 2.18. The van der Waals surface area contributed by atoms with Crippen molar-refractivity contribution in [2.24, 2.45) is 0 Å². The second-order valence-electron chi connectivity index (χ2n) is 6.25. The van der Waals surface area contributed by atoms with Crippen molar-refractivity contribution in [3.8, 4) is 0 Å². The fourth-order valence-corrected chi connectivity index (χ4v) is 3.06. The smallest absolute Gasteiger partial charge is 0.118 e. The largest absolute Gasteiger partial charge is 0.465 e. The van der Waals surface area contributed by atoms with Gasteiger partial charge in [0.15, 0.2) is 0 Å². The molecule has 1 aliphatic heterocycles. The Balaban J connectivity index is 1.89. The summed E-state index contributed by atoms with van der Waals surface area (Å²) in [5.41, 5.74) is 1.31. The third-order valence-electron chi connectivity index (χ3n) is 4.53. The molecule has 1 N–H and O–H groups in total. The lowest BCUT2D eigenvalue weighted by atomic mass is 10.1. The van der Waals surface area contributed by atoms with Gasteiger partial charge in [-0.25, -0.2) is 0 Å². The zero-order chi connectivity index (χ0) is 15.2. The number of likely N-dealkylation sites (N-methyl/N-ethyl adjacent to an activating group) is 1. The number of hydrogen-bond donors (Lipinski definition) is 1. The lowest BCUT2D eigenvalue weighted by Gasteiger charge is -2.38. The van der Waals surface area contributed by atoms with Gasteiger partial charge in [0.1, 0.15) is 11.5 Å². The van der Waals surface area contributed by atoms with E-state index in [2.05, 4.69) is 49.0 Å². The van der Waals surface area contributed by atoms with Crippen molar-refractivity contribution >= 4 is 0 Å². The van der Waals surface area contributed by atoms with Crippen LogP contribution in [0.1, 0.15) is 43.8 Å². The lowest BCUT2D eigenvalue weighted by molar-refractivity contribution is 0.0834. The van der Waals surface area contributed by atoms with Crippen LogP contribution in [0.2, 0.25) is 0 Å². The van der Waals surface area contributed by atoms with Crippen LogP contribution in [0.3, 0.4) is 0 Å². The maximum absolute atomic E-state index is 5.95. The van der Waals surface area contributed by atoms with Crippen LogP contribution in [-0.4, -0.2) is 49.1 Å². The van der Waals surface area contributed by atoms with Crippen LogP contribution in [0.5, 0.6) is 0 Å². The van der Waals surface area contributed by atoms with Crippen LogP contribution >= 0.6 is 0 Å². The van der Waals surface area contributed by atoms with Crippen LogP contribution in [0, 0.1) is 6.92 Å². The third-order valence-corrected chi connectivity index (χ3v) is 4.53. The molecular weight excluding hydrogens is 262 g/mol. The maximum Gasteiger partial charge on any atom is 0.118 e. The highest BCUT2D eigenvalue weighted by atomic mass is 16.3. The minimum atomic E-state index is 0.681. The highest BCUT2D eigenvalue weighted by molar-refractivity contribution is 5.20. The van der Waals surface area contributed by atoms with Crippen molar-refractivity contribution in [3.05, 3.63) is 23.2 Å². The Kier molecular flexibility index (Phi) is 6.27.